The molecular formula is C14H23NO. The van der Waals surface area contributed by atoms with E-state index in [1.165, 1.54) is 5.56 Å². The van der Waals surface area contributed by atoms with Gasteiger partial charge in [-0.2, -0.15) is 0 Å². The lowest BCUT2D eigenvalue weighted by atomic mass is 9.84. The van der Waals surface area contributed by atoms with Gasteiger partial charge in [-0.25, -0.2) is 0 Å². The summed E-state index contributed by atoms with van der Waals surface area (Å²) in [7, 11) is 1.75. The van der Waals surface area contributed by atoms with Gasteiger partial charge in [0, 0.05) is 7.11 Å². The van der Waals surface area contributed by atoms with Gasteiger partial charge in [0.1, 0.15) is 0 Å². The van der Waals surface area contributed by atoms with Crippen LogP contribution in [0.3, 0.4) is 0 Å². The van der Waals surface area contributed by atoms with Crippen molar-refractivity contribution < 1.29 is 4.74 Å². The summed E-state index contributed by atoms with van der Waals surface area (Å²) < 4.78 is 5.67. The first-order valence-electron chi connectivity index (χ1n) is 5.97. The van der Waals surface area contributed by atoms with Gasteiger partial charge < -0.3 is 10.5 Å². The van der Waals surface area contributed by atoms with Crippen molar-refractivity contribution in [3.05, 3.63) is 35.4 Å². The molecule has 0 saturated heterocycles. The van der Waals surface area contributed by atoms with Gasteiger partial charge in [-0.1, -0.05) is 43.7 Å². The smallest absolute Gasteiger partial charge is 0.0865 e. The Morgan fingerprint density at radius 2 is 1.94 bits per heavy atom. The minimum atomic E-state index is -0.242. The molecule has 2 heteroatoms. The summed E-state index contributed by atoms with van der Waals surface area (Å²) >= 11 is 0. The van der Waals surface area contributed by atoms with E-state index >= 15 is 0 Å². The molecule has 0 aliphatic heterocycles. The van der Waals surface area contributed by atoms with Gasteiger partial charge in [0.25, 0.3) is 0 Å². The minimum Gasteiger partial charge on any atom is -0.376 e. The van der Waals surface area contributed by atoms with E-state index in [1.54, 1.807) is 7.11 Å². The van der Waals surface area contributed by atoms with E-state index in [2.05, 4.69) is 45.0 Å². The van der Waals surface area contributed by atoms with Crippen molar-refractivity contribution in [2.24, 2.45) is 5.73 Å². The Balaban J connectivity index is 3.03. The average molecular weight is 221 g/mol. The van der Waals surface area contributed by atoms with E-state index in [1.807, 2.05) is 0 Å². The topological polar surface area (TPSA) is 35.2 Å². The van der Waals surface area contributed by atoms with Crippen molar-refractivity contribution in [1.29, 1.82) is 0 Å². The fourth-order valence-electron chi connectivity index (χ4n) is 2.27. The molecule has 2 nitrogen and oxygen atoms in total. The van der Waals surface area contributed by atoms with Gasteiger partial charge in [-0.15, -0.1) is 0 Å². The lowest BCUT2D eigenvalue weighted by Crippen LogP contribution is -2.42. The molecule has 1 atom stereocenters. The molecular weight excluding hydrogens is 198 g/mol. The summed E-state index contributed by atoms with van der Waals surface area (Å²) in [6.07, 6.45) is 1.85. The Kier molecular flexibility index (Phi) is 4.51. The summed E-state index contributed by atoms with van der Waals surface area (Å²) in [5.74, 6) is 0. The van der Waals surface area contributed by atoms with Gasteiger partial charge in [0.15, 0.2) is 0 Å². The predicted octanol–water partition coefficient (Wildman–Crippen LogP) is 3.20. The number of hydrogen-bond acceptors (Lipinski definition) is 2. The molecule has 1 aromatic carbocycles. The first-order valence-corrected chi connectivity index (χ1v) is 5.97. The SMILES string of the molecule is CCC(CC)(OC)C(N)c1cccc(C)c1. The number of aryl methyl sites for hydroxylation is 1. The third-order valence-electron chi connectivity index (χ3n) is 3.57. The molecule has 0 radical (unpaired) electrons. The molecule has 0 heterocycles. The van der Waals surface area contributed by atoms with E-state index in [-0.39, 0.29) is 11.6 Å². The van der Waals surface area contributed by atoms with Crippen LogP contribution in [0.15, 0.2) is 24.3 Å². The number of ether oxygens (including phenoxy) is 1. The maximum Gasteiger partial charge on any atom is 0.0865 e. The van der Waals surface area contributed by atoms with Crippen LogP contribution < -0.4 is 5.73 Å². The molecule has 0 spiro atoms. The van der Waals surface area contributed by atoms with Crippen LogP contribution in [0.25, 0.3) is 0 Å². The molecule has 0 aliphatic rings. The number of hydrogen-bond donors (Lipinski definition) is 1. The Bertz CT molecular complexity index is 323. The van der Waals surface area contributed by atoms with Gasteiger partial charge >= 0.3 is 0 Å². The molecule has 0 fully saturated rings. The second kappa shape index (κ2) is 5.46. The molecule has 0 saturated carbocycles. The highest BCUT2D eigenvalue weighted by Gasteiger charge is 2.34. The van der Waals surface area contributed by atoms with E-state index in [0.717, 1.165) is 18.4 Å². The molecule has 1 unspecified atom stereocenters. The molecule has 0 bridgehead atoms. The quantitative estimate of drug-likeness (QED) is 0.828. The van der Waals surface area contributed by atoms with Crippen LogP contribution in [0, 0.1) is 6.92 Å². The average Bonchev–Trinajstić information content (AvgIpc) is 2.32. The highest BCUT2D eigenvalue weighted by Crippen LogP contribution is 2.33. The van der Waals surface area contributed by atoms with E-state index < -0.39 is 0 Å². The third kappa shape index (κ3) is 2.45. The van der Waals surface area contributed by atoms with Gasteiger partial charge in [-0.05, 0) is 25.3 Å². The summed E-state index contributed by atoms with van der Waals surface area (Å²) in [6.45, 7) is 6.34. The third-order valence-corrected chi connectivity index (χ3v) is 3.57. The van der Waals surface area contributed by atoms with Crippen LogP contribution in [0.5, 0.6) is 0 Å². The number of methoxy groups -OCH3 is 1. The first kappa shape index (κ1) is 13.2. The maximum atomic E-state index is 6.35. The van der Waals surface area contributed by atoms with Crippen LogP contribution in [0.2, 0.25) is 0 Å². The van der Waals surface area contributed by atoms with Crippen molar-refractivity contribution in [1.82, 2.24) is 0 Å². The van der Waals surface area contributed by atoms with Crippen LogP contribution in [0.4, 0.5) is 0 Å². The summed E-state index contributed by atoms with van der Waals surface area (Å²) in [5, 5.41) is 0. The van der Waals surface area contributed by atoms with Gasteiger partial charge in [0.2, 0.25) is 0 Å². The molecule has 2 N–H and O–H groups in total. The zero-order chi connectivity index (χ0) is 12.2. The molecule has 0 aliphatic carbocycles. The molecule has 0 aromatic heterocycles. The lowest BCUT2D eigenvalue weighted by Gasteiger charge is -2.36. The Morgan fingerprint density at radius 3 is 2.38 bits per heavy atom. The fraction of sp³-hybridized carbons (Fsp3) is 0.571. The van der Waals surface area contributed by atoms with Crippen LogP contribution in [-0.4, -0.2) is 12.7 Å². The normalized spacial score (nSPS) is 13.8. The highest BCUT2D eigenvalue weighted by atomic mass is 16.5. The monoisotopic (exact) mass is 221 g/mol. The fourth-order valence-corrected chi connectivity index (χ4v) is 2.27. The molecule has 1 rings (SSSR count). The molecule has 90 valence electrons. The van der Waals surface area contributed by atoms with Crippen LogP contribution in [-0.2, 0) is 4.74 Å². The minimum absolute atomic E-state index is 0.0626. The van der Waals surface area contributed by atoms with Crippen molar-refractivity contribution in [3.63, 3.8) is 0 Å². The zero-order valence-corrected chi connectivity index (χ0v) is 10.8. The summed E-state index contributed by atoms with van der Waals surface area (Å²) in [5.41, 5.74) is 8.51. The Labute approximate surface area is 98.8 Å². The predicted molar refractivity (Wildman–Crippen MR) is 68.4 cm³/mol. The number of nitrogens with two attached hydrogens (primary N) is 1. The lowest BCUT2D eigenvalue weighted by molar-refractivity contribution is -0.0385. The van der Waals surface area contributed by atoms with Crippen LogP contribution >= 0.6 is 0 Å². The van der Waals surface area contributed by atoms with Gasteiger partial charge in [0.05, 0.1) is 11.6 Å². The maximum absolute atomic E-state index is 6.35. The zero-order valence-electron chi connectivity index (χ0n) is 10.8. The second-order valence-electron chi connectivity index (χ2n) is 4.37. The number of benzene rings is 1. The largest absolute Gasteiger partial charge is 0.376 e. The molecule has 16 heavy (non-hydrogen) atoms. The van der Waals surface area contributed by atoms with E-state index in [0.29, 0.717) is 0 Å². The van der Waals surface area contributed by atoms with Crippen molar-refractivity contribution in [2.45, 2.75) is 45.3 Å². The van der Waals surface area contributed by atoms with E-state index in [9.17, 15) is 0 Å². The summed E-state index contributed by atoms with van der Waals surface area (Å²) in [4.78, 5) is 0. The van der Waals surface area contributed by atoms with Crippen LogP contribution in [0.1, 0.15) is 43.9 Å². The number of rotatable bonds is 5. The Morgan fingerprint density at radius 1 is 1.31 bits per heavy atom. The molecule has 0 amide bonds. The van der Waals surface area contributed by atoms with Crippen molar-refractivity contribution in [3.8, 4) is 0 Å². The van der Waals surface area contributed by atoms with E-state index in [4.69, 9.17) is 10.5 Å². The van der Waals surface area contributed by atoms with Crippen molar-refractivity contribution in [2.75, 3.05) is 7.11 Å². The highest BCUT2D eigenvalue weighted by molar-refractivity contribution is 5.27. The molecule has 1 aromatic rings. The standard InChI is InChI=1S/C14H23NO/c1-5-14(6-2,16-4)13(15)12-9-7-8-11(3)10-12/h7-10,13H,5-6,15H2,1-4H3. The van der Waals surface area contributed by atoms with Crippen molar-refractivity contribution >= 4 is 0 Å². The summed E-state index contributed by atoms with van der Waals surface area (Å²) in [6, 6.07) is 8.30. The Hall–Kier alpha value is -0.860. The van der Waals surface area contributed by atoms with Gasteiger partial charge in [-0.3, -0.25) is 0 Å². The second-order valence-corrected chi connectivity index (χ2v) is 4.37. The first-order chi connectivity index (χ1) is 7.59.